The number of carbonyl (C=O) groups is 1. The molecule has 0 bridgehead atoms. The van der Waals surface area contributed by atoms with Crippen LogP contribution in [0.4, 0.5) is 5.82 Å². The van der Waals surface area contributed by atoms with Crippen molar-refractivity contribution in [2.75, 3.05) is 26.1 Å². The number of anilines is 1. The molecule has 0 spiro atoms. The molecule has 8 heteroatoms. The molecule has 2 N–H and O–H groups in total. The molecule has 0 aliphatic heterocycles. The SMILES string of the molecule is COc1nc(N(C)C)c2[nH]cc(C(=O)NCc3ccccc3)c(=O)c2n1. The Hall–Kier alpha value is -3.42. The molecule has 1 aromatic carbocycles. The van der Waals surface area contributed by atoms with Gasteiger partial charge in [0, 0.05) is 26.8 Å². The van der Waals surface area contributed by atoms with Crippen LogP contribution in [0.2, 0.25) is 0 Å². The lowest BCUT2D eigenvalue weighted by atomic mass is 10.2. The molecule has 0 radical (unpaired) electrons. The number of pyridine rings is 1. The normalized spacial score (nSPS) is 10.6. The van der Waals surface area contributed by atoms with E-state index in [1.807, 2.05) is 30.3 Å². The fraction of sp³-hybridized carbons (Fsp3) is 0.222. The van der Waals surface area contributed by atoms with Crippen LogP contribution in [-0.4, -0.2) is 42.1 Å². The zero-order chi connectivity index (χ0) is 18.7. The van der Waals surface area contributed by atoms with E-state index >= 15 is 0 Å². The Labute approximate surface area is 149 Å². The number of aromatic amines is 1. The van der Waals surface area contributed by atoms with Crippen molar-refractivity contribution in [1.82, 2.24) is 20.3 Å². The highest BCUT2D eigenvalue weighted by Gasteiger charge is 2.18. The molecule has 0 saturated heterocycles. The first kappa shape index (κ1) is 17.4. The van der Waals surface area contributed by atoms with Gasteiger partial charge in [-0.15, -0.1) is 0 Å². The number of amides is 1. The van der Waals surface area contributed by atoms with E-state index in [1.54, 1.807) is 19.0 Å². The minimum atomic E-state index is -0.479. The van der Waals surface area contributed by atoms with E-state index in [-0.39, 0.29) is 17.1 Å². The lowest BCUT2D eigenvalue weighted by Gasteiger charge is -2.14. The number of nitrogens with one attached hydrogen (secondary N) is 2. The van der Waals surface area contributed by atoms with Crippen LogP contribution in [0.3, 0.4) is 0 Å². The summed E-state index contributed by atoms with van der Waals surface area (Å²) in [5.41, 5.74) is 0.997. The van der Waals surface area contributed by atoms with Crippen molar-refractivity contribution in [2.45, 2.75) is 6.54 Å². The van der Waals surface area contributed by atoms with Gasteiger partial charge >= 0.3 is 6.01 Å². The molecule has 3 rings (SSSR count). The van der Waals surface area contributed by atoms with Gasteiger partial charge in [-0.05, 0) is 5.56 Å². The monoisotopic (exact) mass is 353 g/mol. The largest absolute Gasteiger partial charge is 0.467 e. The molecular formula is C18H19N5O3. The number of methoxy groups -OCH3 is 1. The summed E-state index contributed by atoms with van der Waals surface area (Å²) >= 11 is 0. The van der Waals surface area contributed by atoms with Gasteiger partial charge in [-0.3, -0.25) is 9.59 Å². The van der Waals surface area contributed by atoms with Gasteiger partial charge in [0.25, 0.3) is 5.91 Å². The van der Waals surface area contributed by atoms with Crippen molar-refractivity contribution in [1.29, 1.82) is 0 Å². The van der Waals surface area contributed by atoms with E-state index in [9.17, 15) is 9.59 Å². The highest BCUT2D eigenvalue weighted by Crippen LogP contribution is 2.21. The summed E-state index contributed by atoms with van der Waals surface area (Å²) in [7, 11) is 5.01. The van der Waals surface area contributed by atoms with Crippen molar-refractivity contribution in [2.24, 2.45) is 0 Å². The molecule has 2 aromatic heterocycles. The number of H-pyrrole nitrogens is 1. The molecule has 2 heterocycles. The van der Waals surface area contributed by atoms with Gasteiger partial charge in [0.15, 0.2) is 5.82 Å². The number of rotatable bonds is 5. The number of fused-ring (bicyclic) bond motifs is 1. The predicted molar refractivity (Wildman–Crippen MR) is 98.6 cm³/mol. The van der Waals surface area contributed by atoms with E-state index in [4.69, 9.17) is 4.74 Å². The summed E-state index contributed by atoms with van der Waals surface area (Å²) in [6, 6.07) is 9.52. The van der Waals surface area contributed by atoms with Gasteiger partial charge < -0.3 is 19.9 Å². The molecule has 26 heavy (non-hydrogen) atoms. The minimum Gasteiger partial charge on any atom is -0.467 e. The van der Waals surface area contributed by atoms with E-state index < -0.39 is 11.3 Å². The van der Waals surface area contributed by atoms with E-state index in [0.29, 0.717) is 17.9 Å². The van der Waals surface area contributed by atoms with Gasteiger partial charge in [0.05, 0.1) is 7.11 Å². The van der Waals surface area contributed by atoms with Crippen molar-refractivity contribution in [3.05, 3.63) is 57.9 Å². The van der Waals surface area contributed by atoms with Gasteiger partial charge in [-0.2, -0.15) is 9.97 Å². The fourth-order valence-corrected chi connectivity index (χ4v) is 2.52. The molecule has 8 nitrogen and oxygen atoms in total. The lowest BCUT2D eigenvalue weighted by molar-refractivity contribution is 0.0949. The highest BCUT2D eigenvalue weighted by molar-refractivity contribution is 5.97. The summed E-state index contributed by atoms with van der Waals surface area (Å²) in [5, 5.41) is 2.74. The van der Waals surface area contributed by atoms with Crippen molar-refractivity contribution >= 4 is 22.8 Å². The summed E-state index contributed by atoms with van der Waals surface area (Å²) in [6.45, 7) is 0.327. The average molecular weight is 353 g/mol. The molecule has 0 fully saturated rings. The van der Waals surface area contributed by atoms with Crippen molar-refractivity contribution in [3.8, 4) is 6.01 Å². The molecule has 134 valence electrons. The molecule has 0 aliphatic rings. The third-order valence-corrected chi connectivity index (χ3v) is 3.84. The lowest BCUT2D eigenvalue weighted by Crippen LogP contribution is -2.29. The van der Waals surface area contributed by atoms with Crippen LogP contribution < -0.4 is 20.4 Å². The highest BCUT2D eigenvalue weighted by atomic mass is 16.5. The summed E-state index contributed by atoms with van der Waals surface area (Å²) < 4.78 is 5.07. The number of ether oxygens (including phenoxy) is 1. The van der Waals surface area contributed by atoms with Crippen molar-refractivity contribution in [3.63, 3.8) is 0 Å². The second-order valence-electron chi connectivity index (χ2n) is 5.85. The van der Waals surface area contributed by atoms with Gasteiger partial charge in [0.1, 0.15) is 16.6 Å². The molecule has 0 unspecified atom stereocenters. The van der Waals surface area contributed by atoms with Crippen LogP contribution in [0.15, 0.2) is 41.3 Å². The Balaban J connectivity index is 1.98. The van der Waals surface area contributed by atoms with Crippen molar-refractivity contribution < 1.29 is 9.53 Å². The molecule has 1 amide bonds. The Bertz CT molecular complexity index is 999. The molecule has 0 aliphatic carbocycles. The predicted octanol–water partition coefficient (Wildman–Crippen LogP) is 1.32. The number of aromatic nitrogens is 3. The van der Waals surface area contributed by atoms with Crippen LogP contribution in [0.1, 0.15) is 15.9 Å². The number of nitrogens with zero attached hydrogens (tertiary/aromatic N) is 3. The summed E-state index contributed by atoms with van der Waals surface area (Å²) in [4.78, 5) is 38.3. The Morgan fingerprint density at radius 1 is 1.23 bits per heavy atom. The van der Waals surface area contributed by atoms with Gasteiger partial charge in [-0.25, -0.2) is 0 Å². The van der Waals surface area contributed by atoms with Crippen LogP contribution in [0, 0.1) is 0 Å². The summed E-state index contributed by atoms with van der Waals surface area (Å²) in [5.74, 6) is 0.0289. The average Bonchev–Trinajstić information content (AvgIpc) is 2.66. The van der Waals surface area contributed by atoms with Gasteiger partial charge in [0.2, 0.25) is 5.43 Å². The first-order chi connectivity index (χ1) is 12.5. The molecule has 0 atom stereocenters. The zero-order valence-electron chi connectivity index (χ0n) is 14.7. The quantitative estimate of drug-likeness (QED) is 0.718. The van der Waals surface area contributed by atoms with Crippen LogP contribution in [-0.2, 0) is 6.54 Å². The first-order valence-electron chi connectivity index (χ1n) is 7.98. The molecule has 0 saturated carbocycles. The zero-order valence-corrected chi connectivity index (χ0v) is 14.7. The Morgan fingerprint density at radius 2 is 1.96 bits per heavy atom. The topological polar surface area (TPSA) is 100 Å². The Kier molecular flexibility index (Phi) is 4.83. The van der Waals surface area contributed by atoms with E-state index in [0.717, 1.165) is 5.56 Å². The second-order valence-corrected chi connectivity index (χ2v) is 5.85. The Morgan fingerprint density at radius 3 is 2.62 bits per heavy atom. The first-order valence-corrected chi connectivity index (χ1v) is 7.98. The number of carbonyl (C=O) groups excluding carboxylic acids is 1. The maximum atomic E-state index is 12.8. The van der Waals surface area contributed by atoms with E-state index in [2.05, 4.69) is 20.3 Å². The maximum absolute atomic E-state index is 12.8. The second kappa shape index (κ2) is 7.22. The number of benzene rings is 1. The van der Waals surface area contributed by atoms with Crippen LogP contribution in [0.25, 0.3) is 11.0 Å². The number of hydrogen-bond donors (Lipinski definition) is 2. The third kappa shape index (κ3) is 3.34. The van der Waals surface area contributed by atoms with Crippen LogP contribution in [0.5, 0.6) is 6.01 Å². The fourth-order valence-electron chi connectivity index (χ4n) is 2.52. The van der Waals surface area contributed by atoms with Gasteiger partial charge in [-0.1, -0.05) is 30.3 Å². The maximum Gasteiger partial charge on any atom is 0.318 e. The minimum absolute atomic E-state index is 0.0149. The van der Waals surface area contributed by atoms with E-state index in [1.165, 1.54) is 13.3 Å². The molecular weight excluding hydrogens is 334 g/mol. The smallest absolute Gasteiger partial charge is 0.318 e. The summed E-state index contributed by atoms with van der Waals surface area (Å²) in [6.07, 6.45) is 1.38. The number of hydrogen-bond acceptors (Lipinski definition) is 6. The third-order valence-electron chi connectivity index (χ3n) is 3.84. The standard InChI is InChI=1S/C18H19N5O3/c1-23(2)16-14-13(21-18(22-16)26-3)15(24)12(10-19-14)17(25)20-9-11-7-5-4-6-8-11/h4-8,10H,9H2,1-3H3,(H,19,24)(H,20,25). The van der Waals surface area contributed by atoms with Crippen LogP contribution >= 0.6 is 0 Å². The molecule has 3 aromatic rings.